The van der Waals surface area contributed by atoms with E-state index in [9.17, 15) is 5.11 Å². The van der Waals surface area contributed by atoms with Crippen LogP contribution in [-0.2, 0) is 23.8 Å². The first-order chi connectivity index (χ1) is 17.0. The highest BCUT2D eigenvalue weighted by Crippen LogP contribution is 2.45. The summed E-state index contributed by atoms with van der Waals surface area (Å²) in [7, 11) is 3.56. The highest BCUT2D eigenvalue weighted by molar-refractivity contribution is 7.09. The molecule has 3 heterocycles. The molecule has 0 fully saturated rings. The van der Waals surface area contributed by atoms with Gasteiger partial charge in [0, 0.05) is 31.2 Å². The average molecular weight is 489 g/mol. The molecule has 0 spiro atoms. The molecule has 35 heavy (non-hydrogen) atoms. The summed E-state index contributed by atoms with van der Waals surface area (Å²) < 4.78 is 13.1. The highest BCUT2D eigenvalue weighted by Gasteiger charge is 2.42. The molecule has 0 saturated heterocycles. The second-order valence-corrected chi connectivity index (χ2v) is 9.51. The fourth-order valence-electron chi connectivity index (χ4n) is 4.66. The van der Waals surface area contributed by atoms with Crippen molar-refractivity contribution in [3.63, 3.8) is 0 Å². The lowest BCUT2D eigenvalue weighted by Crippen LogP contribution is -2.33. The van der Waals surface area contributed by atoms with Gasteiger partial charge in [-0.15, -0.1) is 11.3 Å². The van der Waals surface area contributed by atoms with Gasteiger partial charge in [-0.3, -0.25) is 4.98 Å². The van der Waals surface area contributed by atoms with Crippen LogP contribution in [0.4, 0.5) is 0 Å². The zero-order valence-corrected chi connectivity index (χ0v) is 20.8. The Morgan fingerprint density at radius 2 is 2.00 bits per heavy atom. The molecular weight excluding hydrogens is 460 g/mol. The van der Waals surface area contributed by atoms with Gasteiger partial charge in [0.05, 0.1) is 48.0 Å². The van der Waals surface area contributed by atoms with Gasteiger partial charge in [-0.2, -0.15) is 0 Å². The van der Waals surface area contributed by atoms with Crippen molar-refractivity contribution in [3.05, 3.63) is 99.7 Å². The minimum atomic E-state index is -1.32. The van der Waals surface area contributed by atoms with Gasteiger partial charge in [0.1, 0.15) is 5.75 Å². The highest BCUT2D eigenvalue weighted by atomic mass is 32.1. The van der Waals surface area contributed by atoms with E-state index < -0.39 is 5.60 Å². The Morgan fingerprint density at radius 3 is 2.66 bits per heavy atom. The Balaban J connectivity index is 1.51. The molecule has 2 aliphatic rings. The Bertz CT molecular complexity index is 1320. The lowest BCUT2D eigenvalue weighted by molar-refractivity contribution is 0.110. The van der Waals surface area contributed by atoms with Crippen molar-refractivity contribution in [1.29, 1.82) is 0 Å². The number of dihydropyridines is 1. The lowest BCUT2D eigenvalue weighted by atomic mass is 9.78. The van der Waals surface area contributed by atoms with Crippen molar-refractivity contribution in [1.82, 2.24) is 14.5 Å². The van der Waals surface area contributed by atoms with Crippen molar-refractivity contribution in [2.75, 3.05) is 13.7 Å². The number of aryl methyl sites for hydroxylation is 1. The quantitative estimate of drug-likeness (QED) is 0.527. The number of aromatic nitrogens is 3. The number of aliphatic imine (C=N–C) groups is 1. The van der Waals surface area contributed by atoms with E-state index in [2.05, 4.69) is 28.2 Å². The number of rotatable bonds is 7. The van der Waals surface area contributed by atoms with Crippen molar-refractivity contribution < 1.29 is 14.6 Å². The smallest absolute Gasteiger partial charge is 0.216 e. The van der Waals surface area contributed by atoms with E-state index in [4.69, 9.17) is 14.5 Å². The largest absolute Gasteiger partial charge is 0.497 e. The Labute approximate surface area is 208 Å². The molecule has 0 bridgehead atoms. The summed E-state index contributed by atoms with van der Waals surface area (Å²) in [5, 5.41) is 12.1. The molecular formula is C27H28N4O3S. The summed E-state index contributed by atoms with van der Waals surface area (Å²) in [5.74, 6) is 1.52. The number of thiazole rings is 1. The number of benzene rings is 1. The third kappa shape index (κ3) is 4.35. The van der Waals surface area contributed by atoms with Gasteiger partial charge in [0.25, 0.3) is 0 Å². The molecule has 2 unspecified atom stereocenters. The molecule has 0 radical (unpaired) electrons. The fraction of sp³-hybridized carbons (Fsp3) is 0.296. The van der Waals surface area contributed by atoms with Gasteiger partial charge in [0.15, 0.2) is 5.60 Å². The maximum Gasteiger partial charge on any atom is 0.216 e. The second kappa shape index (κ2) is 9.64. The second-order valence-electron chi connectivity index (χ2n) is 8.63. The number of nitrogens with zero attached hydrogens (tertiary/aromatic N) is 4. The van der Waals surface area contributed by atoms with Crippen LogP contribution in [0.3, 0.4) is 0 Å². The molecule has 7 nitrogen and oxygen atoms in total. The summed E-state index contributed by atoms with van der Waals surface area (Å²) in [5.41, 5.74) is 5.15. The number of hydrogen-bond donors (Lipinski definition) is 1. The normalized spacial score (nSPS) is 19.0. The summed E-state index contributed by atoms with van der Waals surface area (Å²) in [6.07, 6.45) is 12.7. The van der Waals surface area contributed by atoms with Crippen LogP contribution in [0.25, 0.3) is 0 Å². The molecule has 2 atom stereocenters. The number of aliphatic hydroxyl groups is 1. The molecule has 8 heteroatoms. The van der Waals surface area contributed by atoms with E-state index in [1.54, 1.807) is 31.3 Å². The van der Waals surface area contributed by atoms with Crippen LogP contribution in [0.1, 0.15) is 29.5 Å². The zero-order chi connectivity index (χ0) is 24.4. The first-order valence-electron chi connectivity index (χ1n) is 11.6. The number of methoxy groups -OCH3 is 1. The predicted octanol–water partition coefficient (Wildman–Crippen LogP) is 4.57. The third-order valence-corrected chi connectivity index (χ3v) is 7.34. The molecule has 1 aromatic carbocycles. The number of hydrogen-bond acceptors (Lipinski definition) is 7. The van der Waals surface area contributed by atoms with Gasteiger partial charge >= 0.3 is 0 Å². The molecule has 180 valence electrons. The molecule has 5 rings (SSSR count). The van der Waals surface area contributed by atoms with Gasteiger partial charge in [-0.25, -0.2) is 9.98 Å². The third-order valence-electron chi connectivity index (χ3n) is 6.46. The van der Waals surface area contributed by atoms with Gasteiger partial charge in [-0.1, -0.05) is 24.3 Å². The maximum absolute atomic E-state index is 12.1. The molecule has 0 amide bonds. The minimum absolute atomic E-state index is 0.0279. The van der Waals surface area contributed by atoms with Crippen molar-refractivity contribution in [2.45, 2.75) is 25.4 Å². The Kier molecular flexibility index (Phi) is 6.40. The van der Waals surface area contributed by atoms with Crippen LogP contribution in [0.5, 0.6) is 5.75 Å². The van der Waals surface area contributed by atoms with E-state index in [1.807, 2.05) is 42.8 Å². The summed E-state index contributed by atoms with van der Waals surface area (Å²) >= 11 is 1.44. The Morgan fingerprint density at radius 1 is 1.17 bits per heavy atom. The van der Waals surface area contributed by atoms with Gasteiger partial charge in [-0.05, 0) is 42.7 Å². The van der Waals surface area contributed by atoms with Crippen LogP contribution >= 0.6 is 11.3 Å². The monoisotopic (exact) mass is 488 g/mol. The number of ether oxygens (including phenoxy) is 2. The first-order valence-corrected chi connectivity index (χ1v) is 12.5. The van der Waals surface area contributed by atoms with Crippen LogP contribution in [0.2, 0.25) is 0 Å². The number of allylic oxidation sites excluding steroid dienone is 3. The minimum Gasteiger partial charge on any atom is -0.497 e. The predicted molar refractivity (Wildman–Crippen MR) is 136 cm³/mol. The van der Waals surface area contributed by atoms with E-state index in [0.717, 1.165) is 33.0 Å². The van der Waals surface area contributed by atoms with Crippen LogP contribution in [0.15, 0.2) is 88.6 Å². The Hall–Kier alpha value is -3.49. The van der Waals surface area contributed by atoms with Gasteiger partial charge < -0.3 is 19.1 Å². The van der Waals surface area contributed by atoms with Crippen LogP contribution < -0.4 is 4.74 Å². The van der Waals surface area contributed by atoms with Crippen LogP contribution in [0, 0.1) is 5.92 Å². The lowest BCUT2D eigenvalue weighted by Gasteiger charge is -2.34. The topological polar surface area (TPSA) is 81.8 Å². The van der Waals surface area contributed by atoms with E-state index in [0.29, 0.717) is 31.0 Å². The van der Waals surface area contributed by atoms with Crippen molar-refractivity contribution in [3.8, 4) is 5.75 Å². The van der Waals surface area contributed by atoms with E-state index in [-0.39, 0.29) is 5.92 Å². The van der Waals surface area contributed by atoms with Gasteiger partial charge in [0.2, 0.25) is 5.90 Å². The molecule has 2 aromatic heterocycles. The summed E-state index contributed by atoms with van der Waals surface area (Å²) in [4.78, 5) is 14.1. The first kappa shape index (κ1) is 23.3. The zero-order valence-electron chi connectivity index (χ0n) is 20.0. The fourth-order valence-corrected chi connectivity index (χ4v) is 5.43. The molecule has 0 saturated carbocycles. The molecule has 1 aliphatic heterocycles. The molecule has 3 aromatic rings. The van der Waals surface area contributed by atoms with E-state index in [1.165, 1.54) is 11.3 Å². The van der Waals surface area contributed by atoms with Crippen molar-refractivity contribution in [2.24, 2.45) is 18.0 Å². The summed E-state index contributed by atoms with van der Waals surface area (Å²) in [6, 6.07) is 8.05. The average Bonchev–Trinajstić information content (AvgIpc) is 3.57. The standard InChI is InChI=1S/C27H28N4O3S/c1-4-34-26-20(11-18-5-8-22(33-3)9-6-18)12-19-13-21(7-10-23(19)30-26)27(32,25-15-29-17-35-25)24-14-28-16-31(24)2/h5-10,12,14-17,19,32H,4,11,13H2,1-3H3. The molecule has 1 N–H and O–H groups in total. The van der Waals surface area contributed by atoms with E-state index >= 15 is 0 Å². The SMILES string of the molecule is CCOC1=NC2=CC=C(C(O)(c3cncs3)c3cncn3C)CC2C=C1Cc1ccc(OC)cc1. The van der Waals surface area contributed by atoms with Crippen molar-refractivity contribution >= 4 is 17.2 Å². The van der Waals surface area contributed by atoms with Crippen LogP contribution in [-0.4, -0.2) is 39.3 Å². The number of imidazole rings is 1. The summed E-state index contributed by atoms with van der Waals surface area (Å²) in [6.45, 7) is 2.51. The maximum atomic E-state index is 12.1. The molecule has 1 aliphatic carbocycles. The number of fused-ring (bicyclic) bond motifs is 1.